The molecule has 1 aliphatic rings. The van der Waals surface area contributed by atoms with Crippen molar-refractivity contribution in [2.45, 2.75) is 84.1 Å². The molecule has 0 unspecified atom stereocenters. The summed E-state index contributed by atoms with van der Waals surface area (Å²) in [6.45, 7) is 4.51. The predicted molar refractivity (Wildman–Crippen MR) is 211 cm³/mol. The van der Waals surface area contributed by atoms with E-state index in [0.29, 0.717) is 28.2 Å². The minimum Gasteiger partial charge on any atom is -0.366 e. The van der Waals surface area contributed by atoms with Crippen molar-refractivity contribution in [3.05, 3.63) is 89.5 Å². The Kier molecular flexibility index (Phi) is 15.1. The number of carbonyl (C=O) groups excluding carboxylic acids is 7. The normalized spacial score (nSPS) is 15.3. The maximum atomic E-state index is 14.4. The van der Waals surface area contributed by atoms with E-state index in [1.54, 1.807) is 51.5 Å². The van der Waals surface area contributed by atoms with E-state index in [4.69, 9.17) is 5.73 Å². The molecule has 59 heavy (non-hydrogen) atoms. The number of nitrogens with one attached hydrogen (secondary N) is 6. The quantitative estimate of drug-likeness (QED) is 0.0907. The van der Waals surface area contributed by atoms with Crippen LogP contribution in [0.2, 0.25) is 0 Å². The highest BCUT2D eigenvalue weighted by Gasteiger charge is 2.31. The van der Waals surface area contributed by atoms with Gasteiger partial charge in [0, 0.05) is 121 Å². The second-order valence-corrected chi connectivity index (χ2v) is 14.6. The number of benzene rings is 1. The van der Waals surface area contributed by atoms with Gasteiger partial charge in [-0.3, -0.25) is 33.6 Å². The van der Waals surface area contributed by atoms with Crippen molar-refractivity contribution in [3.8, 4) is 0 Å². The minimum atomic E-state index is -0.990. The number of hydrogen-bond donors (Lipinski definition) is 7. The second-order valence-electron chi connectivity index (χ2n) is 14.6. The zero-order chi connectivity index (χ0) is 42.5. The fourth-order valence-corrected chi connectivity index (χ4v) is 7.15. The van der Waals surface area contributed by atoms with Gasteiger partial charge in [0.25, 0.3) is 0 Å². The number of H-pyrrole nitrogens is 3. The molecule has 0 spiro atoms. The number of aromatic amines is 3. The molecule has 5 rings (SSSR count). The van der Waals surface area contributed by atoms with Crippen LogP contribution in [0, 0.1) is 0 Å². The molecule has 3 atom stereocenters. The maximum absolute atomic E-state index is 14.4. The minimum absolute atomic E-state index is 0.0173. The number of nitrogens with zero attached hydrogens (tertiary/aromatic N) is 6. The molecule has 20 nitrogen and oxygen atoms in total. The summed E-state index contributed by atoms with van der Waals surface area (Å²) in [7, 11) is 0. The Morgan fingerprint density at radius 1 is 0.576 bits per heavy atom. The number of aromatic nitrogens is 6. The third-order valence-electron chi connectivity index (χ3n) is 9.69. The Balaban J connectivity index is 1.54. The van der Waals surface area contributed by atoms with E-state index in [1.165, 1.54) is 39.8 Å². The number of carbonyl (C=O) groups is 7. The molecule has 1 aliphatic heterocycles. The smallest absolute Gasteiger partial charge is 0.248 e. The topological polar surface area (TPSA) is 277 Å². The lowest BCUT2D eigenvalue weighted by molar-refractivity contribution is -0.138. The number of fused-ring (bicyclic) bond motifs is 2. The molecule has 7 amide bonds. The van der Waals surface area contributed by atoms with Gasteiger partial charge < -0.3 is 51.3 Å². The molecule has 4 aromatic rings. The van der Waals surface area contributed by atoms with Crippen LogP contribution < -0.4 is 21.7 Å². The van der Waals surface area contributed by atoms with E-state index in [-0.39, 0.29) is 82.8 Å². The molecule has 0 aliphatic carbocycles. The third-order valence-corrected chi connectivity index (χ3v) is 9.69. The summed E-state index contributed by atoms with van der Waals surface area (Å²) in [5, 5.41) is 8.26. The molecule has 0 saturated heterocycles. The van der Waals surface area contributed by atoms with Gasteiger partial charge in [-0.2, -0.15) is 0 Å². The van der Waals surface area contributed by atoms with Crippen LogP contribution in [0.15, 0.2) is 55.8 Å². The van der Waals surface area contributed by atoms with Crippen LogP contribution in [-0.2, 0) is 61.1 Å². The summed E-state index contributed by atoms with van der Waals surface area (Å²) in [6, 6.07) is 2.01. The van der Waals surface area contributed by atoms with Crippen LogP contribution in [0.25, 0.3) is 0 Å². The summed E-state index contributed by atoms with van der Waals surface area (Å²) in [5.74, 6) is -3.18. The molecule has 314 valence electrons. The van der Waals surface area contributed by atoms with Crippen molar-refractivity contribution < 1.29 is 33.6 Å². The average molecular weight is 814 g/mol. The molecule has 3 aromatic heterocycles. The predicted octanol–water partition coefficient (Wildman–Crippen LogP) is -0.523. The first kappa shape index (κ1) is 43.3. The van der Waals surface area contributed by atoms with Crippen LogP contribution in [0.3, 0.4) is 0 Å². The van der Waals surface area contributed by atoms with Crippen LogP contribution in [-0.4, -0.2) is 130 Å². The lowest BCUT2D eigenvalue weighted by Gasteiger charge is -2.33. The summed E-state index contributed by atoms with van der Waals surface area (Å²) in [6.07, 6.45) is 10.0. The highest BCUT2D eigenvalue weighted by Crippen LogP contribution is 2.19. The van der Waals surface area contributed by atoms with Crippen molar-refractivity contribution in [2.24, 2.45) is 5.73 Å². The monoisotopic (exact) mass is 813 g/mol. The lowest BCUT2D eigenvalue weighted by Crippen LogP contribution is -2.52. The van der Waals surface area contributed by atoms with Crippen LogP contribution >= 0.6 is 0 Å². The number of hydrogen-bond acceptors (Lipinski definition) is 10. The number of nitrogens with two attached hydrogens (primary N) is 1. The van der Waals surface area contributed by atoms with Crippen LogP contribution in [0.1, 0.15) is 72.2 Å². The van der Waals surface area contributed by atoms with Crippen molar-refractivity contribution in [1.82, 2.24) is 60.6 Å². The van der Waals surface area contributed by atoms with Crippen LogP contribution in [0.4, 0.5) is 0 Å². The standard InChI is InChI=1S/C39H51N13O7/c1-24(53)47-33(13-30-16-41-21-44-30)37(57)50-6-4-8-51(38(58)34(48-25(2)54)14-31-17-42-22-45-31)19-27-10-28(12-29(11-27)36(40)56)20-52(9-5-7-50)39(59)35(49-26(3)55)15-32-18-43-23-46-32/h10-12,16-18,21-23,33-35H,4-9,13-15,19-20H2,1-3H3,(H2,40,56)(H,41,44)(H,42,45)(H,43,46)(H,47,53)(H,48,54)(H,49,55)/t33-,34-,35-/m0/s1. The van der Waals surface area contributed by atoms with Gasteiger partial charge in [0.15, 0.2) is 0 Å². The number of primary amides is 1. The average Bonchev–Trinajstić information content (AvgIpc) is 4.00. The van der Waals surface area contributed by atoms with Gasteiger partial charge in [-0.15, -0.1) is 0 Å². The zero-order valence-electron chi connectivity index (χ0n) is 33.3. The molecule has 4 heterocycles. The van der Waals surface area contributed by atoms with Gasteiger partial charge >= 0.3 is 0 Å². The van der Waals surface area contributed by atoms with Gasteiger partial charge in [0.1, 0.15) is 18.1 Å². The maximum Gasteiger partial charge on any atom is 0.248 e. The Morgan fingerprint density at radius 2 is 0.915 bits per heavy atom. The van der Waals surface area contributed by atoms with Crippen molar-refractivity contribution in [3.63, 3.8) is 0 Å². The van der Waals surface area contributed by atoms with E-state index < -0.39 is 53.6 Å². The van der Waals surface area contributed by atoms with Gasteiger partial charge in [0.05, 0.1) is 19.0 Å². The van der Waals surface area contributed by atoms with Gasteiger partial charge in [0.2, 0.25) is 41.4 Å². The molecule has 1 aromatic carbocycles. The molecule has 2 bridgehead atoms. The fourth-order valence-electron chi connectivity index (χ4n) is 7.15. The van der Waals surface area contributed by atoms with E-state index in [9.17, 15) is 33.6 Å². The van der Waals surface area contributed by atoms with E-state index >= 15 is 0 Å². The van der Waals surface area contributed by atoms with Crippen molar-refractivity contribution >= 4 is 41.4 Å². The molecule has 20 heteroatoms. The first-order valence-electron chi connectivity index (χ1n) is 19.3. The molecule has 0 radical (unpaired) electrons. The van der Waals surface area contributed by atoms with E-state index in [0.717, 1.165) is 0 Å². The first-order valence-corrected chi connectivity index (χ1v) is 19.3. The Hall–Kier alpha value is -6.86. The van der Waals surface area contributed by atoms with Crippen molar-refractivity contribution in [1.29, 1.82) is 0 Å². The van der Waals surface area contributed by atoms with E-state index in [1.807, 2.05) is 0 Å². The van der Waals surface area contributed by atoms with Gasteiger partial charge in [-0.05, 0) is 36.1 Å². The zero-order valence-corrected chi connectivity index (χ0v) is 33.3. The van der Waals surface area contributed by atoms with Gasteiger partial charge in [-0.1, -0.05) is 6.07 Å². The molecule has 0 saturated carbocycles. The Morgan fingerprint density at radius 3 is 1.22 bits per heavy atom. The molecule has 8 N–H and O–H groups in total. The summed E-state index contributed by atoms with van der Waals surface area (Å²) in [5.41, 5.74) is 8.89. The Bertz CT molecular complexity index is 1970. The summed E-state index contributed by atoms with van der Waals surface area (Å²) in [4.78, 5) is 119. The Labute approximate surface area is 340 Å². The largest absolute Gasteiger partial charge is 0.366 e. The van der Waals surface area contributed by atoms with Crippen LogP contribution in [0.5, 0.6) is 0 Å². The first-order chi connectivity index (χ1) is 28.2. The molecule has 0 fully saturated rings. The van der Waals surface area contributed by atoms with Gasteiger partial charge in [-0.25, -0.2) is 15.0 Å². The third kappa shape index (κ3) is 12.8. The fraction of sp³-hybridized carbons (Fsp3) is 0.436. The highest BCUT2D eigenvalue weighted by atomic mass is 16.2. The van der Waals surface area contributed by atoms with Crippen molar-refractivity contribution in [2.75, 3.05) is 26.2 Å². The molecular formula is C39H51N13O7. The number of amides is 7. The number of rotatable bonds is 13. The summed E-state index contributed by atoms with van der Waals surface area (Å²) >= 11 is 0. The highest BCUT2D eigenvalue weighted by molar-refractivity contribution is 5.93. The number of imidazole rings is 3. The SMILES string of the molecule is CC(=O)N[C@@H](Cc1cnc[nH]1)C(=O)N1CCCN(C(=O)[C@H](Cc2cnc[nH]2)NC(C)=O)Cc2cc(cc(C(N)=O)c2)CN(C(=O)[C@H](Cc2cnc[nH]2)NC(C)=O)CCC1. The lowest BCUT2D eigenvalue weighted by atomic mass is 10.0. The summed E-state index contributed by atoms with van der Waals surface area (Å²) < 4.78 is 0. The van der Waals surface area contributed by atoms with E-state index in [2.05, 4.69) is 45.9 Å². The molecular weight excluding hydrogens is 763 g/mol. The second kappa shape index (κ2) is 20.5.